The van der Waals surface area contributed by atoms with Crippen molar-refractivity contribution in [1.82, 2.24) is 20.1 Å². The number of nitrogens with zero attached hydrogens (tertiary/aromatic N) is 4. The highest BCUT2D eigenvalue weighted by atomic mass is 16.2. The summed E-state index contributed by atoms with van der Waals surface area (Å²) < 4.78 is 0. The Balaban J connectivity index is 1.46. The van der Waals surface area contributed by atoms with Crippen molar-refractivity contribution in [1.29, 1.82) is 0 Å². The lowest BCUT2D eigenvalue weighted by Gasteiger charge is -2.33. The number of carbonyl (C=O) groups is 1. The van der Waals surface area contributed by atoms with E-state index in [1.54, 1.807) is 18.5 Å². The molecule has 4 rings (SSSR count). The molecule has 1 aliphatic rings. The second-order valence-electron chi connectivity index (χ2n) is 6.63. The summed E-state index contributed by atoms with van der Waals surface area (Å²) in [6.07, 6.45) is 8.12. The molecular weight excluding hydrogens is 312 g/mol. The number of likely N-dealkylation sites (tertiary alicyclic amines) is 1. The topological polar surface area (TPSA) is 59.0 Å². The molecule has 0 bridgehead atoms. The number of piperidine rings is 1. The van der Waals surface area contributed by atoms with Crippen LogP contribution in [0.3, 0.4) is 0 Å². The van der Waals surface area contributed by atoms with Crippen LogP contribution in [0, 0.1) is 5.92 Å². The fourth-order valence-electron chi connectivity index (χ4n) is 3.60. The van der Waals surface area contributed by atoms with Crippen molar-refractivity contribution in [3.63, 3.8) is 0 Å². The SMILES string of the molecule is O=C(c1ccnnc1)N1CCC[C@H](Cc2ccc3ncccc3c2)C1. The first-order valence-corrected chi connectivity index (χ1v) is 8.69. The van der Waals surface area contributed by atoms with Gasteiger partial charge in [0.15, 0.2) is 0 Å². The van der Waals surface area contributed by atoms with Crippen LogP contribution >= 0.6 is 0 Å². The van der Waals surface area contributed by atoms with Crippen LogP contribution < -0.4 is 0 Å². The fraction of sp³-hybridized carbons (Fsp3) is 0.300. The molecule has 2 aromatic heterocycles. The number of pyridine rings is 1. The minimum Gasteiger partial charge on any atom is -0.338 e. The van der Waals surface area contributed by atoms with Gasteiger partial charge < -0.3 is 4.90 Å². The van der Waals surface area contributed by atoms with Gasteiger partial charge in [-0.3, -0.25) is 9.78 Å². The fourth-order valence-corrected chi connectivity index (χ4v) is 3.60. The Labute approximate surface area is 146 Å². The maximum Gasteiger partial charge on any atom is 0.255 e. The summed E-state index contributed by atoms with van der Waals surface area (Å²) in [5.41, 5.74) is 2.95. The number of rotatable bonds is 3. The summed E-state index contributed by atoms with van der Waals surface area (Å²) in [6.45, 7) is 1.62. The van der Waals surface area contributed by atoms with Gasteiger partial charge in [0.2, 0.25) is 0 Å². The third-order valence-corrected chi connectivity index (χ3v) is 4.83. The van der Waals surface area contributed by atoms with Crippen LogP contribution in [-0.2, 0) is 6.42 Å². The first-order chi connectivity index (χ1) is 12.3. The second kappa shape index (κ2) is 6.97. The van der Waals surface area contributed by atoms with Crippen LogP contribution in [0.2, 0.25) is 0 Å². The molecule has 1 fully saturated rings. The molecule has 3 heterocycles. The predicted molar refractivity (Wildman–Crippen MR) is 96.1 cm³/mol. The summed E-state index contributed by atoms with van der Waals surface area (Å²) in [5, 5.41) is 8.73. The van der Waals surface area contributed by atoms with E-state index >= 15 is 0 Å². The molecule has 0 spiro atoms. The van der Waals surface area contributed by atoms with E-state index in [2.05, 4.69) is 39.4 Å². The summed E-state index contributed by atoms with van der Waals surface area (Å²) in [5.74, 6) is 0.545. The van der Waals surface area contributed by atoms with Crippen LogP contribution in [0.5, 0.6) is 0 Å². The largest absolute Gasteiger partial charge is 0.338 e. The Morgan fingerprint density at radius 2 is 2.12 bits per heavy atom. The molecule has 0 radical (unpaired) electrons. The van der Waals surface area contributed by atoms with E-state index in [-0.39, 0.29) is 5.91 Å². The number of hydrogen-bond acceptors (Lipinski definition) is 4. The Morgan fingerprint density at radius 3 is 3.00 bits per heavy atom. The van der Waals surface area contributed by atoms with E-state index < -0.39 is 0 Å². The van der Waals surface area contributed by atoms with Gasteiger partial charge in [-0.15, -0.1) is 0 Å². The molecule has 0 aliphatic carbocycles. The molecular formula is C20H20N4O. The second-order valence-corrected chi connectivity index (χ2v) is 6.63. The molecule has 25 heavy (non-hydrogen) atoms. The minimum atomic E-state index is 0.0577. The van der Waals surface area contributed by atoms with Crippen LogP contribution in [0.15, 0.2) is 55.0 Å². The molecule has 0 saturated carbocycles. The van der Waals surface area contributed by atoms with Crippen LogP contribution in [0.25, 0.3) is 10.9 Å². The summed E-state index contributed by atoms with van der Waals surface area (Å²) in [7, 11) is 0. The van der Waals surface area contributed by atoms with Gasteiger partial charge in [0, 0.05) is 24.7 Å². The van der Waals surface area contributed by atoms with Crippen LogP contribution in [-0.4, -0.2) is 39.1 Å². The number of carbonyl (C=O) groups excluding carboxylic acids is 1. The molecule has 1 atom stereocenters. The van der Waals surface area contributed by atoms with Crippen molar-refractivity contribution < 1.29 is 4.79 Å². The molecule has 3 aromatic rings. The quantitative estimate of drug-likeness (QED) is 0.739. The highest BCUT2D eigenvalue weighted by molar-refractivity contribution is 5.93. The molecule has 0 unspecified atom stereocenters. The maximum absolute atomic E-state index is 12.6. The average Bonchev–Trinajstić information content (AvgIpc) is 2.68. The van der Waals surface area contributed by atoms with Gasteiger partial charge in [0.05, 0.1) is 23.5 Å². The molecule has 1 saturated heterocycles. The molecule has 1 amide bonds. The summed E-state index contributed by atoms with van der Waals surface area (Å²) >= 11 is 0. The molecule has 5 heteroatoms. The lowest BCUT2D eigenvalue weighted by molar-refractivity contribution is 0.0672. The lowest BCUT2D eigenvalue weighted by atomic mass is 9.90. The van der Waals surface area contributed by atoms with Gasteiger partial charge in [0.1, 0.15) is 0 Å². The molecule has 1 aromatic carbocycles. The van der Waals surface area contributed by atoms with Crippen molar-refractivity contribution in [2.45, 2.75) is 19.3 Å². The van der Waals surface area contributed by atoms with Crippen molar-refractivity contribution in [2.24, 2.45) is 5.92 Å². The lowest BCUT2D eigenvalue weighted by Crippen LogP contribution is -2.40. The molecule has 0 N–H and O–H groups in total. The van der Waals surface area contributed by atoms with E-state index in [4.69, 9.17) is 0 Å². The summed E-state index contributed by atoms with van der Waals surface area (Å²) in [4.78, 5) is 18.9. The highest BCUT2D eigenvalue weighted by Gasteiger charge is 2.24. The van der Waals surface area contributed by atoms with E-state index in [0.29, 0.717) is 11.5 Å². The molecule has 5 nitrogen and oxygen atoms in total. The van der Waals surface area contributed by atoms with Crippen molar-refractivity contribution in [3.8, 4) is 0 Å². The van der Waals surface area contributed by atoms with Gasteiger partial charge in [-0.1, -0.05) is 12.1 Å². The van der Waals surface area contributed by atoms with E-state index in [9.17, 15) is 4.79 Å². The smallest absolute Gasteiger partial charge is 0.255 e. The Hall–Kier alpha value is -2.82. The Bertz CT molecular complexity index is 881. The normalized spacial score (nSPS) is 17.6. The van der Waals surface area contributed by atoms with Gasteiger partial charge in [0.25, 0.3) is 5.91 Å². The molecule has 126 valence electrons. The Kier molecular flexibility index (Phi) is 4.37. The number of aromatic nitrogens is 3. The van der Waals surface area contributed by atoms with Crippen molar-refractivity contribution in [3.05, 3.63) is 66.1 Å². The standard InChI is InChI=1S/C20H20N4O/c25-20(18-7-9-22-23-13-18)24-10-2-3-16(14-24)11-15-5-6-19-17(12-15)4-1-8-21-19/h1,4-9,12-13,16H,2-3,10-11,14H2/t16-/m1/s1. The monoisotopic (exact) mass is 332 g/mol. The van der Waals surface area contributed by atoms with Gasteiger partial charge in [-0.2, -0.15) is 10.2 Å². The zero-order valence-electron chi connectivity index (χ0n) is 14.0. The number of fused-ring (bicyclic) bond motifs is 1. The summed E-state index contributed by atoms with van der Waals surface area (Å²) in [6, 6.07) is 12.3. The average molecular weight is 332 g/mol. The van der Waals surface area contributed by atoms with E-state index in [0.717, 1.165) is 37.9 Å². The van der Waals surface area contributed by atoms with E-state index in [1.165, 1.54) is 10.9 Å². The van der Waals surface area contributed by atoms with Gasteiger partial charge >= 0.3 is 0 Å². The Morgan fingerprint density at radius 1 is 1.16 bits per heavy atom. The number of hydrogen-bond donors (Lipinski definition) is 0. The molecule has 1 aliphatic heterocycles. The minimum absolute atomic E-state index is 0.0577. The zero-order valence-corrected chi connectivity index (χ0v) is 14.0. The van der Waals surface area contributed by atoms with Crippen molar-refractivity contribution in [2.75, 3.05) is 13.1 Å². The van der Waals surface area contributed by atoms with Gasteiger partial charge in [-0.05, 0) is 55.0 Å². The first-order valence-electron chi connectivity index (χ1n) is 8.69. The van der Waals surface area contributed by atoms with Crippen LogP contribution in [0.1, 0.15) is 28.8 Å². The third-order valence-electron chi connectivity index (χ3n) is 4.83. The number of benzene rings is 1. The predicted octanol–water partition coefficient (Wildman–Crippen LogP) is 3.12. The van der Waals surface area contributed by atoms with Crippen LogP contribution in [0.4, 0.5) is 0 Å². The van der Waals surface area contributed by atoms with E-state index in [1.807, 2.05) is 17.2 Å². The van der Waals surface area contributed by atoms with Crippen molar-refractivity contribution >= 4 is 16.8 Å². The van der Waals surface area contributed by atoms with Gasteiger partial charge in [-0.25, -0.2) is 0 Å². The first kappa shape index (κ1) is 15.7. The zero-order chi connectivity index (χ0) is 17.1. The highest BCUT2D eigenvalue weighted by Crippen LogP contribution is 2.23. The third kappa shape index (κ3) is 3.50. The maximum atomic E-state index is 12.6. The number of amides is 1.